The molecule has 1 atom stereocenters. The lowest BCUT2D eigenvalue weighted by Crippen LogP contribution is -2.47. The molecular formula is C23H29BrN2O2. The largest absolute Gasteiger partial charge is 0.340 e. The second kappa shape index (κ2) is 8.91. The summed E-state index contributed by atoms with van der Waals surface area (Å²) in [7, 11) is 0. The average molecular weight is 445 g/mol. The first-order valence-electron chi connectivity index (χ1n) is 9.47. The quantitative estimate of drug-likeness (QED) is 0.643. The van der Waals surface area contributed by atoms with Gasteiger partial charge in [-0.3, -0.25) is 9.59 Å². The second-order valence-electron chi connectivity index (χ2n) is 8.48. The first kappa shape index (κ1) is 22.2. The molecule has 2 rings (SSSR count). The smallest absolute Gasteiger partial charge is 0.251 e. The van der Waals surface area contributed by atoms with Gasteiger partial charge in [-0.05, 0) is 59.7 Å². The van der Waals surface area contributed by atoms with Crippen LogP contribution in [-0.4, -0.2) is 17.9 Å². The Morgan fingerprint density at radius 3 is 2.11 bits per heavy atom. The maximum Gasteiger partial charge on any atom is 0.251 e. The van der Waals surface area contributed by atoms with Gasteiger partial charge in [0.15, 0.2) is 0 Å². The van der Waals surface area contributed by atoms with E-state index < -0.39 is 6.04 Å². The van der Waals surface area contributed by atoms with Gasteiger partial charge in [-0.2, -0.15) is 0 Å². The number of amides is 2. The Kier molecular flexibility index (Phi) is 7.05. The van der Waals surface area contributed by atoms with E-state index in [9.17, 15) is 9.59 Å². The van der Waals surface area contributed by atoms with Gasteiger partial charge in [0.2, 0.25) is 5.91 Å². The Morgan fingerprint density at radius 2 is 1.61 bits per heavy atom. The summed E-state index contributed by atoms with van der Waals surface area (Å²) in [6, 6.07) is 12.5. The van der Waals surface area contributed by atoms with E-state index in [0.717, 1.165) is 15.6 Å². The molecule has 2 N–H and O–H groups in total. The van der Waals surface area contributed by atoms with Crippen LogP contribution in [0.2, 0.25) is 0 Å². The van der Waals surface area contributed by atoms with Crippen LogP contribution in [0.15, 0.2) is 46.9 Å². The zero-order valence-corrected chi connectivity index (χ0v) is 19.0. The van der Waals surface area contributed by atoms with Gasteiger partial charge in [-0.15, -0.1) is 0 Å². The lowest BCUT2D eigenvalue weighted by atomic mass is 9.86. The number of benzene rings is 2. The normalized spacial score (nSPS) is 12.6. The Labute approximate surface area is 176 Å². The third kappa shape index (κ3) is 5.68. The fraction of sp³-hybridized carbons (Fsp3) is 0.391. The molecule has 4 nitrogen and oxygen atoms in total. The summed E-state index contributed by atoms with van der Waals surface area (Å²) in [6.45, 7) is 12.2. The fourth-order valence-corrected chi connectivity index (χ4v) is 3.07. The van der Waals surface area contributed by atoms with Gasteiger partial charge in [0, 0.05) is 15.7 Å². The van der Waals surface area contributed by atoms with Gasteiger partial charge in [0.05, 0.1) is 0 Å². The Bertz CT molecular complexity index is 852. The Balaban J connectivity index is 2.11. The van der Waals surface area contributed by atoms with Crippen molar-refractivity contribution in [2.24, 2.45) is 5.92 Å². The first-order chi connectivity index (χ1) is 13.0. The number of anilines is 1. The monoisotopic (exact) mass is 444 g/mol. The maximum absolute atomic E-state index is 12.8. The van der Waals surface area contributed by atoms with Crippen molar-refractivity contribution in [2.75, 3.05) is 5.32 Å². The lowest BCUT2D eigenvalue weighted by molar-refractivity contribution is -0.118. The Morgan fingerprint density at radius 1 is 1.00 bits per heavy atom. The van der Waals surface area contributed by atoms with Gasteiger partial charge >= 0.3 is 0 Å². The van der Waals surface area contributed by atoms with Gasteiger partial charge in [0.25, 0.3) is 5.91 Å². The predicted octanol–water partition coefficient (Wildman–Crippen LogP) is 5.45. The molecule has 0 aliphatic carbocycles. The molecular weight excluding hydrogens is 416 g/mol. The van der Waals surface area contributed by atoms with Crippen LogP contribution >= 0.6 is 15.9 Å². The second-order valence-corrected chi connectivity index (χ2v) is 9.33. The van der Waals surface area contributed by atoms with E-state index in [1.54, 1.807) is 0 Å². The molecule has 0 aliphatic rings. The maximum atomic E-state index is 12.8. The summed E-state index contributed by atoms with van der Waals surface area (Å²) in [5.41, 5.74) is 3.47. The van der Waals surface area contributed by atoms with E-state index >= 15 is 0 Å². The highest BCUT2D eigenvalue weighted by atomic mass is 79.9. The van der Waals surface area contributed by atoms with Crippen molar-refractivity contribution < 1.29 is 9.59 Å². The minimum absolute atomic E-state index is 0.0260. The van der Waals surface area contributed by atoms with Crippen LogP contribution < -0.4 is 10.6 Å². The van der Waals surface area contributed by atoms with Crippen LogP contribution in [0.4, 0.5) is 5.69 Å². The van der Waals surface area contributed by atoms with Crippen LogP contribution in [0.1, 0.15) is 56.1 Å². The van der Waals surface area contributed by atoms with E-state index in [-0.39, 0.29) is 23.1 Å². The number of hydrogen-bond acceptors (Lipinski definition) is 2. The number of nitrogens with one attached hydrogen (secondary N) is 2. The molecule has 28 heavy (non-hydrogen) atoms. The molecule has 0 radical (unpaired) electrons. The van der Waals surface area contributed by atoms with Crippen LogP contribution in [0, 0.1) is 12.8 Å². The fourth-order valence-electron chi connectivity index (χ4n) is 2.82. The van der Waals surface area contributed by atoms with E-state index in [1.165, 1.54) is 0 Å². The number of rotatable bonds is 5. The molecule has 1 unspecified atom stereocenters. The zero-order chi connectivity index (χ0) is 21.1. The third-order valence-corrected chi connectivity index (χ3v) is 5.56. The van der Waals surface area contributed by atoms with Gasteiger partial charge in [0.1, 0.15) is 6.04 Å². The predicted molar refractivity (Wildman–Crippen MR) is 119 cm³/mol. The van der Waals surface area contributed by atoms with Gasteiger partial charge in [-0.1, -0.05) is 62.7 Å². The molecule has 0 aromatic heterocycles. The zero-order valence-electron chi connectivity index (χ0n) is 17.4. The van der Waals surface area contributed by atoms with E-state index in [2.05, 4.69) is 47.3 Å². The highest BCUT2D eigenvalue weighted by Crippen LogP contribution is 2.23. The molecule has 0 aliphatic heterocycles. The Hall–Kier alpha value is -2.14. The molecule has 5 heteroatoms. The first-order valence-corrected chi connectivity index (χ1v) is 10.3. The molecule has 2 aromatic rings. The van der Waals surface area contributed by atoms with Crippen molar-refractivity contribution in [1.82, 2.24) is 5.32 Å². The molecule has 2 aromatic carbocycles. The van der Waals surface area contributed by atoms with Crippen LogP contribution in [0.3, 0.4) is 0 Å². The van der Waals surface area contributed by atoms with Crippen molar-refractivity contribution in [3.8, 4) is 0 Å². The molecule has 0 fully saturated rings. The minimum Gasteiger partial charge on any atom is -0.340 e. The van der Waals surface area contributed by atoms with E-state index in [0.29, 0.717) is 11.3 Å². The van der Waals surface area contributed by atoms with E-state index in [1.807, 2.05) is 63.2 Å². The summed E-state index contributed by atoms with van der Waals surface area (Å²) in [5.74, 6) is -0.521. The van der Waals surface area contributed by atoms with E-state index in [4.69, 9.17) is 0 Å². The van der Waals surface area contributed by atoms with Gasteiger partial charge in [-0.25, -0.2) is 0 Å². The number of halogens is 1. The molecule has 2 amide bonds. The summed E-state index contributed by atoms with van der Waals surface area (Å²) >= 11 is 3.45. The van der Waals surface area contributed by atoms with Crippen molar-refractivity contribution in [2.45, 2.75) is 53.0 Å². The summed E-state index contributed by atoms with van der Waals surface area (Å²) in [5, 5.41) is 5.78. The molecule has 0 saturated carbocycles. The summed E-state index contributed by atoms with van der Waals surface area (Å²) < 4.78 is 0.984. The highest BCUT2D eigenvalue weighted by Gasteiger charge is 2.25. The molecule has 0 heterocycles. The average Bonchev–Trinajstić information content (AvgIpc) is 2.61. The van der Waals surface area contributed by atoms with Crippen LogP contribution in [0.25, 0.3) is 0 Å². The lowest BCUT2D eigenvalue weighted by Gasteiger charge is -2.22. The van der Waals surface area contributed by atoms with Gasteiger partial charge < -0.3 is 10.6 Å². The highest BCUT2D eigenvalue weighted by molar-refractivity contribution is 9.10. The third-order valence-electron chi connectivity index (χ3n) is 4.67. The van der Waals surface area contributed by atoms with Crippen LogP contribution in [0.5, 0.6) is 0 Å². The number of hydrogen-bond donors (Lipinski definition) is 2. The summed E-state index contributed by atoms with van der Waals surface area (Å²) in [4.78, 5) is 25.4. The number of carbonyl (C=O) groups excluding carboxylic acids is 2. The SMILES string of the molecule is Cc1cc(NC(=O)C(NC(=O)c2ccc(C(C)(C)C)cc2)C(C)C)ccc1Br. The number of aryl methyl sites for hydroxylation is 1. The summed E-state index contributed by atoms with van der Waals surface area (Å²) in [6.07, 6.45) is 0. The standard InChI is InChI=1S/C23H29BrN2O2/c1-14(2)20(22(28)25-18-11-12-19(24)15(3)13-18)26-21(27)16-7-9-17(10-8-16)23(4,5)6/h7-14,20H,1-6H3,(H,25,28)(H,26,27). The van der Waals surface area contributed by atoms with Crippen molar-refractivity contribution in [3.05, 3.63) is 63.6 Å². The van der Waals surface area contributed by atoms with Crippen molar-refractivity contribution in [1.29, 1.82) is 0 Å². The van der Waals surface area contributed by atoms with Crippen LogP contribution in [-0.2, 0) is 10.2 Å². The number of carbonyl (C=O) groups is 2. The molecule has 0 spiro atoms. The van der Waals surface area contributed by atoms with Crippen molar-refractivity contribution >= 4 is 33.4 Å². The molecule has 0 bridgehead atoms. The molecule has 0 saturated heterocycles. The topological polar surface area (TPSA) is 58.2 Å². The van der Waals surface area contributed by atoms with Crippen molar-refractivity contribution in [3.63, 3.8) is 0 Å². The molecule has 150 valence electrons. The minimum atomic E-state index is -0.626.